The van der Waals surface area contributed by atoms with Gasteiger partial charge in [0, 0.05) is 0 Å². The van der Waals surface area contributed by atoms with Crippen molar-refractivity contribution in [1.29, 1.82) is 5.26 Å². The van der Waals surface area contributed by atoms with Crippen LogP contribution in [-0.4, -0.2) is 15.0 Å². The van der Waals surface area contributed by atoms with Crippen molar-refractivity contribution in [3.05, 3.63) is 54.1 Å². The van der Waals surface area contributed by atoms with E-state index in [1.165, 1.54) is 0 Å². The summed E-state index contributed by atoms with van der Waals surface area (Å²) in [6, 6.07) is 16.9. The molecular weight excluding hydrogens is 240 g/mol. The third-order valence-electron chi connectivity index (χ3n) is 2.77. The van der Waals surface area contributed by atoms with Crippen molar-refractivity contribution in [2.75, 3.05) is 0 Å². The molecule has 0 saturated carbocycles. The molecule has 1 aromatic heterocycles. The van der Waals surface area contributed by atoms with E-state index in [4.69, 9.17) is 10.00 Å². The monoisotopic (exact) mass is 250 g/mol. The van der Waals surface area contributed by atoms with Crippen molar-refractivity contribution in [3.8, 4) is 11.8 Å². The summed E-state index contributed by atoms with van der Waals surface area (Å²) in [7, 11) is 0. The predicted octanol–water partition coefficient (Wildman–Crippen LogP) is 2.34. The van der Waals surface area contributed by atoms with Gasteiger partial charge in [0.25, 0.3) is 0 Å². The number of para-hydroxylation sites is 2. The maximum atomic E-state index is 8.98. The minimum absolute atomic E-state index is 0.221. The van der Waals surface area contributed by atoms with E-state index in [2.05, 4.69) is 16.4 Å². The topological polar surface area (TPSA) is 63.7 Å². The lowest BCUT2D eigenvalue weighted by Crippen LogP contribution is -2.07. The van der Waals surface area contributed by atoms with Crippen LogP contribution in [0.2, 0.25) is 0 Å². The minimum Gasteiger partial charge on any atom is -0.470 e. The third-order valence-corrected chi connectivity index (χ3v) is 2.77. The van der Waals surface area contributed by atoms with E-state index in [1.807, 2.05) is 30.3 Å². The number of nitrogens with zero attached hydrogens (tertiary/aromatic N) is 4. The summed E-state index contributed by atoms with van der Waals surface area (Å²) < 4.78 is 7.27. The Morgan fingerprint density at radius 1 is 1.11 bits per heavy atom. The summed E-state index contributed by atoms with van der Waals surface area (Å²) in [6.45, 7) is 0.221. The lowest BCUT2D eigenvalue weighted by molar-refractivity contribution is 0.222. The first kappa shape index (κ1) is 11.2. The fourth-order valence-electron chi connectivity index (χ4n) is 1.83. The van der Waals surface area contributed by atoms with Crippen LogP contribution < -0.4 is 4.74 Å². The van der Waals surface area contributed by atoms with E-state index in [1.54, 1.807) is 22.9 Å². The van der Waals surface area contributed by atoms with Gasteiger partial charge in [0.1, 0.15) is 17.3 Å². The van der Waals surface area contributed by atoms with E-state index in [-0.39, 0.29) is 6.73 Å². The number of ether oxygens (including phenoxy) is 1. The highest BCUT2D eigenvalue weighted by molar-refractivity contribution is 5.73. The molecule has 0 atom stereocenters. The quantitative estimate of drug-likeness (QED) is 0.715. The van der Waals surface area contributed by atoms with Gasteiger partial charge < -0.3 is 4.74 Å². The molecule has 0 unspecified atom stereocenters. The first-order chi connectivity index (χ1) is 9.38. The molecule has 0 aliphatic rings. The molecule has 19 heavy (non-hydrogen) atoms. The molecule has 3 rings (SSSR count). The number of fused-ring (bicyclic) bond motifs is 1. The Hall–Kier alpha value is -2.87. The number of hydrogen-bond acceptors (Lipinski definition) is 4. The molecule has 0 N–H and O–H groups in total. The van der Waals surface area contributed by atoms with E-state index < -0.39 is 0 Å². The zero-order valence-electron chi connectivity index (χ0n) is 10.0. The minimum atomic E-state index is 0.221. The second-order valence-electron chi connectivity index (χ2n) is 3.96. The zero-order chi connectivity index (χ0) is 13.1. The van der Waals surface area contributed by atoms with E-state index in [0.29, 0.717) is 11.3 Å². The molecule has 0 fully saturated rings. The van der Waals surface area contributed by atoms with Crippen LogP contribution in [-0.2, 0) is 6.73 Å². The number of aromatic nitrogens is 3. The van der Waals surface area contributed by atoms with E-state index in [9.17, 15) is 0 Å². The molecular formula is C14H10N4O. The lowest BCUT2D eigenvalue weighted by atomic mass is 10.2. The number of rotatable bonds is 3. The first-order valence-electron chi connectivity index (χ1n) is 5.78. The predicted molar refractivity (Wildman–Crippen MR) is 69.3 cm³/mol. The molecule has 0 saturated heterocycles. The Morgan fingerprint density at radius 2 is 1.89 bits per heavy atom. The molecule has 3 aromatic rings. The van der Waals surface area contributed by atoms with Crippen LogP contribution in [0.15, 0.2) is 48.5 Å². The molecule has 92 valence electrons. The number of benzene rings is 2. The molecule has 2 aromatic carbocycles. The van der Waals surface area contributed by atoms with Crippen LogP contribution in [0.1, 0.15) is 5.56 Å². The summed E-state index contributed by atoms with van der Waals surface area (Å²) in [5.74, 6) is 0.546. The fourth-order valence-corrected chi connectivity index (χ4v) is 1.83. The van der Waals surface area contributed by atoms with Crippen LogP contribution in [0.4, 0.5) is 0 Å². The smallest absolute Gasteiger partial charge is 0.183 e. The van der Waals surface area contributed by atoms with Crippen molar-refractivity contribution >= 4 is 11.0 Å². The molecule has 0 aliphatic heterocycles. The van der Waals surface area contributed by atoms with Gasteiger partial charge in [-0.3, -0.25) is 0 Å². The summed E-state index contributed by atoms with van der Waals surface area (Å²) in [6.07, 6.45) is 0. The highest BCUT2D eigenvalue weighted by Crippen LogP contribution is 2.17. The summed E-state index contributed by atoms with van der Waals surface area (Å²) >= 11 is 0. The van der Waals surface area contributed by atoms with Gasteiger partial charge in [0.15, 0.2) is 6.73 Å². The molecule has 0 bridgehead atoms. The standard InChI is InChI=1S/C14H10N4O/c15-9-11-5-1-4-8-14(11)19-10-18-13-7-3-2-6-12(13)16-17-18/h1-8H,10H2. The number of nitriles is 1. The van der Waals surface area contributed by atoms with Crippen LogP contribution in [0.25, 0.3) is 11.0 Å². The molecule has 0 amide bonds. The van der Waals surface area contributed by atoms with Crippen molar-refractivity contribution in [2.45, 2.75) is 6.73 Å². The fraction of sp³-hybridized carbons (Fsp3) is 0.0714. The molecule has 0 spiro atoms. The van der Waals surface area contributed by atoms with Crippen LogP contribution in [0, 0.1) is 11.3 Å². The van der Waals surface area contributed by atoms with Gasteiger partial charge in [-0.2, -0.15) is 5.26 Å². The maximum Gasteiger partial charge on any atom is 0.183 e. The van der Waals surface area contributed by atoms with Crippen LogP contribution >= 0.6 is 0 Å². The molecule has 0 aliphatic carbocycles. The van der Waals surface area contributed by atoms with Crippen molar-refractivity contribution in [2.24, 2.45) is 0 Å². The number of hydrogen-bond donors (Lipinski definition) is 0. The van der Waals surface area contributed by atoms with Gasteiger partial charge in [0.2, 0.25) is 0 Å². The van der Waals surface area contributed by atoms with Gasteiger partial charge >= 0.3 is 0 Å². The lowest BCUT2D eigenvalue weighted by Gasteiger charge is -2.07. The Balaban J connectivity index is 1.85. The third kappa shape index (κ3) is 2.11. The molecule has 0 radical (unpaired) electrons. The highest BCUT2D eigenvalue weighted by atomic mass is 16.5. The molecule has 5 nitrogen and oxygen atoms in total. The van der Waals surface area contributed by atoms with Crippen molar-refractivity contribution in [1.82, 2.24) is 15.0 Å². The molecule has 5 heteroatoms. The summed E-state index contributed by atoms with van der Waals surface area (Å²) in [4.78, 5) is 0. The average molecular weight is 250 g/mol. The second-order valence-corrected chi connectivity index (χ2v) is 3.96. The zero-order valence-corrected chi connectivity index (χ0v) is 10.0. The Labute approximate surface area is 109 Å². The normalized spacial score (nSPS) is 10.3. The van der Waals surface area contributed by atoms with E-state index >= 15 is 0 Å². The van der Waals surface area contributed by atoms with E-state index in [0.717, 1.165) is 11.0 Å². The first-order valence-corrected chi connectivity index (χ1v) is 5.78. The Kier molecular flexibility index (Phi) is 2.83. The summed E-state index contributed by atoms with van der Waals surface area (Å²) in [5.41, 5.74) is 2.23. The Bertz CT molecular complexity index is 757. The van der Waals surface area contributed by atoms with Gasteiger partial charge in [-0.15, -0.1) is 5.10 Å². The molecule has 1 heterocycles. The van der Waals surface area contributed by atoms with Gasteiger partial charge in [-0.1, -0.05) is 29.5 Å². The largest absolute Gasteiger partial charge is 0.470 e. The van der Waals surface area contributed by atoms with Crippen molar-refractivity contribution < 1.29 is 4.74 Å². The van der Waals surface area contributed by atoms with Gasteiger partial charge in [0.05, 0.1) is 11.1 Å². The second kappa shape index (κ2) is 4.78. The van der Waals surface area contributed by atoms with Gasteiger partial charge in [-0.05, 0) is 24.3 Å². The van der Waals surface area contributed by atoms with Crippen molar-refractivity contribution in [3.63, 3.8) is 0 Å². The summed E-state index contributed by atoms with van der Waals surface area (Å²) in [5, 5.41) is 17.0. The Morgan fingerprint density at radius 3 is 2.79 bits per heavy atom. The average Bonchev–Trinajstić information content (AvgIpc) is 2.89. The van der Waals surface area contributed by atoms with Crippen LogP contribution in [0.5, 0.6) is 5.75 Å². The van der Waals surface area contributed by atoms with Gasteiger partial charge in [-0.25, -0.2) is 4.68 Å². The highest BCUT2D eigenvalue weighted by Gasteiger charge is 2.05. The van der Waals surface area contributed by atoms with Crippen LogP contribution in [0.3, 0.4) is 0 Å². The maximum absolute atomic E-state index is 8.98. The SMILES string of the molecule is N#Cc1ccccc1OCn1nnc2ccccc21.